The maximum absolute atomic E-state index is 12.7. The van der Waals surface area contributed by atoms with Gasteiger partial charge in [0.15, 0.2) is 11.5 Å². The third kappa shape index (κ3) is 4.78. The maximum Gasteiger partial charge on any atom is 0.339 e. The van der Waals surface area contributed by atoms with E-state index in [4.69, 9.17) is 14.2 Å². The Morgan fingerprint density at radius 2 is 1.85 bits per heavy atom. The molecular weight excluding hydrogens is 346 g/mol. The van der Waals surface area contributed by atoms with Gasteiger partial charge < -0.3 is 19.5 Å². The Balaban J connectivity index is 1.81. The number of nitrogens with one attached hydrogen (secondary N) is 1. The molecule has 1 saturated carbocycles. The van der Waals surface area contributed by atoms with E-state index in [0.717, 1.165) is 12.8 Å². The Labute approximate surface area is 158 Å². The summed E-state index contributed by atoms with van der Waals surface area (Å²) < 4.78 is 16.3. The molecule has 0 unspecified atom stereocenters. The molecule has 6 heteroatoms. The number of hydrogen-bond donors (Lipinski definition) is 1. The molecule has 1 amide bonds. The van der Waals surface area contributed by atoms with Crippen molar-refractivity contribution in [2.24, 2.45) is 0 Å². The van der Waals surface area contributed by atoms with E-state index in [1.807, 2.05) is 13.0 Å². The monoisotopic (exact) mass is 369 g/mol. The Bertz CT molecular complexity index is 801. The summed E-state index contributed by atoms with van der Waals surface area (Å²) in [5, 5.41) is 2.90. The Kier molecular flexibility index (Phi) is 5.96. The summed E-state index contributed by atoms with van der Waals surface area (Å²) in [7, 11) is 1.53. The average molecular weight is 369 g/mol. The molecular formula is C21H23NO5. The highest BCUT2D eigenvalue weighted by atomic mass is 16.5. The standard InChI is InChI=1S/C21H23NO5/c1-3-26-18-13-15(9-12-17(18)25-2)21(24)27-19(14-7-5-4-6-8-14)20(23)22-16-10-11-16/h4-9,12-13,16,19H,3,10-11H2,1-2H3,(H,22,23)/t19-/m0/s1. The van der Waals surface area contributed by atoms with Crippen molar-refractivity contribution in [3.8, 4) is 11.5 Å². The molecule has 3 rings (SSSR count). The van der Waals surface area contributed by atoms with Crippen molar-refractivity contribution < 1.29 is 23.8 Å². The van der Waals surface area contributed by atoms with Crippen molar-refractivity contribution in [2.75, 3.05) is 13.7 Å². The lowest BCUT2D eigenvalue weighted by atomic mass is 10.1. The fourth-order valence-corrected chi connectivity index (χ4v) is 2.65. The molecule has 142 valence electrons. The first kappa shape index (κ1) is 18.8. The number of benzene rings is 2. The molecule has 1 fully saturated rings. The van der Waals surface area contributed by atoms with Gasteiger partial charge >= 0.3 is 5.97 Å². The molecule has 0 saturated heterocycles. The zero-order chi connectivity index (χ0) is 19.2. The zero-order valence-electron chi connectivity index (χ0n) is 15.4. The van der Waals surface area contributed by atoms with Crippen molar-refractivity contribution in [3.05, 3.63) is 59.7 Å². The van der Waals surface area contributed by atoms with E-state index in [1.165, 1.54) is 7.11 Å². The highest BCUT2D eigenvalue weighted by molar-refractivity contribution is 5.93. The highest BCUT2D eigenvalue weighted by Gasteiger charge is 2.31. The summed E-state index contributed by atoms with van der Waals surface area (Å²) in [5.74, 6) is 0.0710. The minimum absolute atomic E-state index is 0.174. The van der Waals surface area contributed by atoms with Gasteiger partial charge in [0.1, 0.15) is 0 Å². The van der Waals surface area contributed by atoms with Gasteiger partial charge in [-0.3, -0.25) is 4.79 Å². The number of rotatable bonds is 8. The molecule has 27 heavy (non-hydrogen) atoms. The second-order valence-electron chi connectivity index (χ2n) is 6.28. The molecule has 0 bridgehead atoms. The van der Waals surface area contributed by atoms with Crippen molar-refractivity contribution in [1.29, 1.82) is 0 Å². The third-order valence-electron chi connectivity index (χ3n) is 4.19. The lowest BCUT2D eigenvalue weighted by Crippen LogP contribution is -2.33. The summed E-state index contributed by atoms with van der Waals surface area (Å²) in [6.07, 6.45) is 0.909. The zero-order valence-corrected chi connectivity index (χ0v) is 15.4. The number of carbonyl (C=O) groups excluding carboxylic acids is 2. The minimum Gasteiger partial charge on any atom is -0.493 e. The number of carbonyl (C=O) groups is 2. The van der Waals surface area contributed by atoms with Crippen molar-refractivity contribution >= 4 is 11.9 Å². The van der Waals surface area contributed by atoms with E-state index in [9.17, 15) is 9.59 Å². The van der Waals surface area contributed by atoms with E-state index in [-0.39, 0.29) is 11.9 Å². The fraction of sp³-hybridized carbons (Fsp3) is 0.333. The van der Waals surface area contributed by atoms with Crippen LogP contribution in [0.3, 0.4) is 0 Å². The number of methoxy groups -OCH3 is 1. The van der Waals surface area contributed by atoms with Gasteiger partial charge in [-0.25, -0.2) is 4.79 Å². The van der Waals surface area contributed by atoms with Gasteiger partial charge in [-0.1, -0.05) is 30.3 Å². The molecule has 1 aliphatic rings. The highest BCUT2D eigenvalue weighted by Crippen LogP contribution is 2.29. The van der Waals surface area contributed by atoms with E-state index < -0.39 is 12.1 Å². The summed E-state index contributed by atoms with van der Waals surface area (Å²) >= 11 is 0. The van der Waals surface area contributed by atoms with Crippen LogP contribution in [0.1, 0.15) is 41.8 Å². The van der Waals surface area contributed by atoms with Crippen LogP contribution in [0.25, 0.3) is 0 Å². The normalized spacial score (nSPS) is 14.1. The molecule has 0 heterocycles. The van der Waals surface area contributed by atoms with Crippen LogP contribution in [0, 0.1) is 0 Å². The number of hydrogen-bond acceptors (Lipinski definition) is 5. The minimum atomic E-state index is -1.00. The summed E-state index contributed by atoms with van der Waals surface area (Å²) in [6.45, 7) is 2.28. The lowest BCUT2D eigenvalue weighted by molar-refractivity contribution is -0.130. The van der Waals surface area contributed by atoms with Crippen molar-refractivity contribution in [3.63, 3.8) is 0 Å². The van der Waals surface area contributed by atoms with Crippen LogP contribution in [-0.4, -0.2) is 31.6 Å². The largest absolute Gasteiger partial charge is 0.493 e. The van der Waals surface area contributed by atoms with E-state index in [2.05, 4.69) is 5.32 Å². The second-order valence-corrected chi connectivity index (χ2v) is 6.28. The summed E-state index contributed by atoms with van der Waals surface area (Å²) in [6, 6.07) is 14.0. The van der Waals surface area contributed by atoms with Crippen LogP contribution >= 0.6 is 0 Å². The van der Waals surface area contributed by atoms with Gasteiger partial charge in [-0.15, -0.1) is 0 Å². The molecule has 0 radical (unpaired) electrons. The van der Waals surface area contributed by atoms with Gasteiger partial charge in [0.05, 0.1) is 19.3 Å². The van der Waals surface area contributed by atoms with Crippen LogP contribution in [0.5, 0.6) is 11.5 Å². The number of amides is 1. The van der Waals surface area contributed by atoms with Gasteiger partial charge in [0.25, 0.3) is 5.91 Å². The van der Waals surface area contributed by atoms with E-state index >= 15 is 0 Å². The Hall–Kier alpha value is -3.02. The van der Waals surface area contributed by atoms with E-state index in [0.29, 0.717) is 29.2 Å². The smallest absolute Gasteiger partial charge is 0.339 e. The predicted molar refractivity (Wildman–Crippen MR) is 99.9 cm³/mol. The average Bonchev–Trinajstić information content (AvgIpc) is 3.50. The maximum atomic E-state index is 12.7. The molecule has 0 aliphatic heterocycles. The first-order chi connectivity index (χ1) is 13.1. The van der Waals surface area contributed by atoms with Crippen LogP contribution in [-0.2, 0) is 9.53 Å². The third-order valence-corrected chi connectivity index (χ3v) is 4.19. The van der Waals surface area contributed by atoms with Gasteiger partial charge in [-0.2, -0.15) is 0 Å². The number of esters is 1. The molecule has 0 spiro atoms. The summed E-state index contributed by atoms with van der Waals surface area (Å²) in [5.41, 5.74) is 0.918. The second kappa shape index (κ2) is 8.58. The van der Waals surface area contributed by atoms with Crippen LogP contribution in [0.15, 0.2) is 48.5 Å². The Morgan fingerprint density at radius 1 is 1.11 bits per heavy atom. The molecule has 2 aromatic carbocycles. The van der Waals surface area contributed by atoms with Crippen LogP contribution in [0.4, 0.5) is 0 Å². The van der Waals surface area contributed by atoms with Gasteiger partial charge in [-0.05, 0) is 38.0 Å². The Morgan fingerprint density at radius 3 is 2.48 bits per heavy atom. The van der Waals surface area contributed by atoms with Crippen LogP contribution in [0.2, 0.25) is 0 Å². The topological polar surface area (TPSA) is 73.9 Å². The fourth-order valence-electron chi connectivity index (χ4n) is 2.65. The van der Waals surface area contributed by atoms with Crippen molar-refractivity contribution in [2.45, 2.75) is 31.9 Å². The molecule has 1 aliphatic carbocycles. The van der Waals surface area contributed by atoms with Crippen LogP contribution < -0.4 is 14.8 Å². The molecule has 1 N–H and O–H groups in total. The van der Waals surface area contributed by atoms with Gasteiger partial charge in [0, 0.05) is 11.6 Å². The molecule has 6 nitrogen and oxygen atoms in total. The number of ether oxygens (including phenoxy) is 3. The molecule has 1 atom stereocenters. The first-order valence-electron chi connectivity index (χ1n) is 8.99. The molecule has 2 aromatic rings. The molecule has 0 aromatic heterocycles. The van der Waals surface area contributed by atoms with Gasteiger partial charge in [0.2, 0.25) is 6.10 Å². The SMILES string of the molecule is CCOc1cc(C(=O)O[C@H](C(=O)NC2CC2)c2ccccc2)ccc1OC. The summed E-state index contributed by atoms with van der Waals surface area (Å²) in [4.78, 5) is 25.3. The van der Waals surface area contributed by atoms with Crippen molar-refractivity contribution in [1.82, 2.24) is 5.32 Å². The quantitative estimate of drug-likeness (QED) is 0.723. The lowest BCUT2D eigenvalue weighted by Gasteiger charge is -2.18. The first-order valence-corrected chi connectivity index (χ1v) is 8.99. The van der Waals surface area contributed by atoms with E-state index in [1.54, 1.807) is 42.5 Å². The predicted octanol–water partition coefficient (Wildman–Crippen LogP) is 3.27.